The van der Waals surface area contributed by atoms with Gasteiger partial charge in [-0.3, -0.25) is 4.98 Å². The minimum atomic E-state index is -3.74. The van der Waals surface area contributed by atoms with E-state index in [1.165, 1.54) is 24.5 Å². The van der Waals surface area contributed by atoms with Gasteiger partial charge in [-0.1, -0.05) is 29.8 Å². The molecule has 0 aliphatic heterocycles. The lowest BCUT2D eigenvalue weighted by atomic mass is 10.1. The lowest BCUT2D eigenvalue weighted by molar-refractivity contribution is 0.577. The van der Waals surface area contributed by atoms with Gasteiger partial charge in [-0.05, 0) is 24.1 Å². The molecule has 1 N–H and O–H groups in total. The van der Waals surface area contributed by atoms with Crippen LogP contribution < -0.4 is 4.72 Å². The molecule has 0 radical (unpaired) electrons. The van der Waals surface area contributed by atoms with Gasteiger partial charge in [-0.2, -0.15) is 0 Å². The Morgan fingerprint density at radius 1 is 1.25 bits per heavy atom. The smallest absolute Gasteiger partial charge is 0.243 e. The van der Waals surface area contributed by atoms with Crippen LogP contribution in [-0.2, 0) is 16.4 Å². The van der Waals surface area contributed by atoms with Gasteiger partial charge in [0.05, 0.1) is 5.02 Å². The minimum Gasteiger partial charge on any atom is -0.263 e. The maximum atomic E-state index is 13.4. The molecule has 4 nitrogen and oxygen atoms in total. The maximum absolute atomic E-state index is 13.4. The first-order valence-electron chi connectivity index (χ1n) is 5.83. The molecule has 0 saturated carbocycles. The third-order valence-corrected chi connectivity index (χ3v) is 4.60. The number of hydrogen-bond acceptors (Lipinski definition) is 3. The molecule has 0 atom stereocenters. The van der Waals surface area contributed by atoms with Crippen molar-refractivity contribution < 1.29 is 12.8 Å². The second-order valence-electron chi connectivity index (χ2n) is 4.05. The first-order chi connectivity index (χ1) is 9.50. The van der Waals surface area contributed by atoms with Crippen molar-refractivity contribution in [3.63, 3.8) is 0 Å². The molecule has 0 spiro atoms. The van der Waals surface area contributed by atoms with Gasteiger partial charge in [0.2, 0.25) is 10.0 Å². The van der Waals surface area contributed by atoms with E-state index >= 15 is 0 Å². The molecule has 1 aromatic heterocycles. The van der Waals surface area contributed by atoms with Gasteiger partial charge >= 0.3 is 0 Å². The molecule has 1 aromatic carbocycles. The molecule has 0 unspecified atom stereocenters. The van der Waals surface area contributed by atoms with E-state index < -0.39 is 10.0 Å². The summed E-state index contributed by atoms with van der Waals surface area (Å²) in [7, 11) is -3.74. The quantitative estimate of drug-likeness (QED) is 0.922. The molecular formula is C13H12ClFN2O2S. The predicted octanol–water partition coefficient (Wildman–Crippen LogP) is 2.40. The van der Waals surface area contributed by atoms with Gasteiger partial charge in [0, 0.05) is 18.9 Å². The van der Waals surface area contributed by atoms with E-state index in [-0.39, 0.29) is 28.7 Å². The van der Waals surface area contributed by atoms with E-state index in [1.807, 2.05) is 0 Å². The van der Waals surface area contributed by atoms with E-state index in [4.69, 9.17) is 11.6 Å². The molecule has 0 saturated heterocycles. The van der Waals surface area contributed by atoms with E-state index in [9.17, 15) is 12.8 Å². The van der Waals surface area contributed by atoms with Gasteiger partial charge in [0.15, 0.2) is 0 Å². The average molecular weight is 315 g/mol. The Morgan fingerprint density at radius 2 is 2.00 bits per heavy atom. The highest BCUT2D eigenvalue weighted by Gasteiger charge is 2.17. The average Bonchev–Trinajstić information content (AvgIpc) is 2.41. The Labute approximate surface area is 121 Å². The molecule has 0 bridgehead atoms. The van der Waals surface area contributed by atoms with Crippen molar-refractivity contribution in [1.82, 2.24) is 9.71 Å². The first kappa shape index (κ1) is 14.9. The second-order valence-corrected chi connectivity index (χ2v) is 6.19. The highest BCUT2D eigenvalue weighted by molar-refractivity contribution is 7.89. The van der Waals surface area contributed by atoms with Crippen LogP contribution in [0.25, 0.3) is 0 Å². The monoisotopic (exact) mass is 314 g/mol. The summed E-state index contributed by atoms with van der Waals surface area (Å²) in [4.78, 5) is 3.64. The van der Waals surface area contributed by atoms with E-state index in [2.05, 4.69) is 9.71 Å². The molecule has 1 heterocycles. The van der Waals surface area contributed by atoms with Crippen LogP contribution in [0.4, 0.5) is 4.39 Å². The fourth-order valence-electron chi connectivity index (χ4n) is 1.66. The van der Waals surface area contributed by atoms with Gasteiger partial charge in [0.25, 0.3) is 0 Å². The SMILES string of the molecule is O=S(=O)(NCCc1ccccc1F)c1cnccc1Cl. The molecule has 20 heavy (non-hydrogen) atoms. The van der Waals surface area contributed by atoms with Gasteiger partial charge in [-0.25, -0.2) is 17.5 Å². The molecule has 0 fully saturated rings. The number of nitrogens with one attached hydrogen (secondary N) is 1. The topological polar surface area (TPSA) is 59.1 Å². The Kier molecular flexibility index (Phi) is 4.69. The maximum Gasteiger partial charge on any atom is 0.243 e. The minimum absolute atomic E-state index is 0.0779. The van der Waals surface area contributed by atoms with E-state index in [1.54, 1.807) is 18.2 Å². The van der Waals surface area contributed by atoms with Crippen molar-refractivity contribution in [1.29, 1.82) is 0 Å². The highest BCUT2D eigenvalue weighted by Crippen LogP contribution is 2.18. The molecule has 0 amide bonds. The second kappa shape index (κ2) is 6.30. The standard InChI is InChI=1S/C13H12ClFN2O2S/c14-11-6-7-16-9-13(11)20(18,19)17-8-5-10-3-1-2-4-12(10)15/h1-4,6-7,9,17H,5,8H2. The van der Waals surface area contributed by atoms with E-state index in [0.717, 1.165) is 0 Å². The van der Waals surface area contributed by atoms with Crippen molar-refractivity contribution in [3.05, 3.63) is 59.1 Å². The summed E-state index contributed by atoms with van der Waals surface area (Å²) in [5, 5.41) is 0.0957. The van der Waals surface area contributed by atoms with Crippen LogP contribution >= 0.6 is 11.6 Å². The van der Waals surface area contributed by atoms with E-state index in [0.29, 0.717) is 5.56 Å². The summed E-state index contributed by atoms with van der Waals surface area (Å²) in [5.74, 6) is -0.355. The molecule has 2 aromatic rings. The van der Waals surface area contributed by atoms with Crippen LogP contribution in [0, 0.1) is 5.82 Å². The fourth-order valence-corrected chi connectivity index (χ4v) is 3.12. The van der Waals surface area contributed by atoms with Crippen LogP contribution in [0.3, 0.4) is 0 Å². The van der Waals surface area contributed by atoms with Crippen molar-refractivity contribution in [2.75, 3.05) is 6.54 Å². The van der Waals surface area contributed by atoms with Crippen LogP contribution in [0.1, 0.15) is 5.56 Å². The summed E-state index contributed by atoms with van der Waals surface area (Å²) < 4.78 is 39.8. The lowest BCUT2D eigenvalue weighted by Crippen LogP contribution is -2.26. The van der Waals surface area contributed by atoms with Gasteiger partial charge < -0.3 is 0 Å². The molecule has 7 heteroatoms. The fraction of sp³-hybridized carbons (Fsp3) is 0.154. The molecular weight excluding hydrogens is 303 g/mol. The van der Waals surface area contributed by atoms with Crippen LogP contribution in [-0.4, -0.2) is 19.9 Å². The molecule has 0 aliphatic rings. The predicted molar refractivity (Wildman–Crippen MR) is 74.5 cm³/mol. The summed E-state index contributed by atoms with van der Waals surface area (Å²) in [5.41, 5.74) is 0.451. The van der Waals surface area contributed by atoms with Crippen LogP contribution in [0.15, 0.2) is 47.6 Å². The zero-order valence-corrected chi connectivity index (χ0v) is 12.0. The molecule has 0 aliphatic carbocycles. The number of aromatic nitrogens is 1. The Bertz CT molecular complexity index is 707. The number of nitrogens with zero attached hydrogens (tertiary/aromatic N) is 1. The number of rotatable bonds is 5. The lowest BCUT2D eigenvalue weighted by Gasteiger charge is -2.08. The highest BCUT2D eigenvalue weighted by atomic mass is 35.5. The van der Waals surface area contributed by atoms with Crippen LogP contribution in [0.2, 0.25) is 5.02 Å². The first-order valence-corrected chi connectivity index (χ1v) is 7.69. The zero-order chi connectivity index (χ0) is 14.6. The normalized spacial score (nSPS) is 11.5. The largest absolute Gasteiger partial charge is 0.263 e. The van der Waals surface area contributed by atoms with Crippen molar-refractivity contribution in [2.24, 2.45) is 0 Å². The third-order valence-electron chi connectivity index (χ3n) is 2.67. The number of pyridine rings is 1. The number of hydrogen-bond donors (Lipinski definition) is 1. The van der Waals surface area contributed by atoms with Crippen molar-refractivity contribution in [2.45, 2.75) is 11.3 Å². The summed E-state index contributed by atoms with van der Waals surface area (Å²) >= 11 is 5.81. The van der Waals surface area contributed by atoms with Crippen molar-refractivity contribution in [3.8, 4) is 0 Å². The Balaban J connectivity index is 2.04. The summed E-state index contributed by atoms with van der Waals surface area (Å²) in [6.45, 7) is 0.0779. The Morgan fingerprint density at radius 3 is 2.70 bits per heavy atom. The zero-order valence-electron chi connectivity index (χ0n) is 10.4. The summed E-state index contributed by atoms with van der Waals surface area (Å²) in [6.07, 6.45) is 2.83. The Hall–Kier alpha value is -1.50. The number of sulfonamides is 1. The van der Waals surface area contributed by atoms with Crippen LogP contribution in [0.5, 0.6) is 0 Å². The van der Waals surface area contributed by atoms with Crippen molar-refractivity contribution >= 4 is 21.6 Å². The number of halogens is 2. The van der Waals surface area contributed by atoms with Gasteiger partial charge in [-0.15, -0.1) is 0 Å². The van der Waals surface area contributed by atoms with Gasteiger partial charge in [0.1, 0.15) is 10.7 Å². The number of benzene rings is 1. The molecule has 2 rings (SSSR count). The third kappa shape index (κ3) is 3.53. The molecule has 106 valence electrons. The summed E-state index contributed by atoms with van der Waals surface area (Å²) in [6, 6.07) is 7.62.